The molecule has 0 heterocycles. The van der Waals surface area contributed by atoms with Crippen molar-refractivity contribution in [3.8, 4) is 0 Å². The molecule has 0 radical (unpaired) electrons. The van der Waals surface area contributed by atoms with Gasteiger partial charge in [0.05, 0.1) is 0 Å². The second-order valence-electron chi connectivity index (χ2n) is 3.74. The van der Waals surface area contributed by atoms with Crippen LogP contribution in [-0.4, -0.2) is 32.1 Å². The van der Waals surface area contributed by atoms with Crippen LogP contribution in [0.4, 0.5) is 0 Å². The molecule has 0 aromatic rings. The van der Waals surface area contributed by atoms with Crippen LogP contribution in [-0.2, 0) is 15.7 Å². The molecule has 4 nitrogen and oxygen atoms in total. The van der Waals surface area contributed by atoms with Crippen LogP contribution in [0, 0.1) is 0 Å². The Kier molecular flexibility index (Phi) is 3.83. The summed E-state index contributed by atoms with van der Waals surface area (Å²) in [6.45, 7) is 0.805. The van der Waals surface area contributed by atoms with Gasteiger partial charge in [-0.05, 0) is 0 Å². The molecule has 17 heavy (non-hydrogen) atoms. The molecule has 2 aliphatic carbocycles. The molecular weight excluding hydrogens is 327 g/mol. The summed E-state index contributed by atoms with van der Waals surface area (Å²) in [5.41, 5.74) is 0. The zero-order valence-electron chi connectivity index (χ0n) is 9.06. The number of rotatable bonds is 6. The number of hydrogen-bond donors (Lipinski definition) is 0. The van der Waals surface area contributed by atoms with E-state index < -0.39 is 19.2 Å². The fourth-order valence-corrected chi connectivity index (χ4v) is 10.5. The molecule has 0 saturated heterocycles. The van der Waals surface area contributed by atoms with Gasteiger partial charge in [0, 0.05) is 0 Å². The zero-order valence-corrected chi connectivity index (χ0v) is 11.9. The summed E-state index contributed by atoms with van der Waals surface area (Å²) >= 11 is -3.88. The molecule has 0 unspecified atom stereocenters. The third-order valence-electron chi connectivity index (χ3n) is 2.89. The Bertz CT molecular complexity index is 358. The van der Waals surface area contributed by atoms with E-state index in [4.69, 9.17) is 6.15 Å². The second-order valence-corrected chi connectivity index (χ2v) is 13.0. The molecule has 0 aliphatic heterocycles. The van der Waals surface area contributed by atoms with Crippen LogP contribution in [0.3, 0.4) is 0 Å². The Hall–Kier alpha value is -1.30. The van der Waals surface area contributed by atoms with Gasteiger partial charge in [-0.15, -0.1) is 0 Å². The van der Waals surface area contributed by atoms with Crippen molar-refractivity contribution >= 4 is 32.1 Å². The van der Waals surface area contributed by atoms with Crippen molar-refractivity contribution in [2.75, 3.05) is 0 Å². The maximum atomic E-state index is 10.7. The van der Waals surface area contributed by atoms with Crippen molar-refractivity contribution in [2.24, 2.45) is 0 Å². The van der Waals surface area contributed by atoms with E-state index in [1.54, 1.807) is 0 Å². The van der Waals surface area contributed by atoms with E-state index in [2.05, 4.69) is 0 Å². The van der Waals surface area contributed by atoms with Crippen molar-refractivity contribution in [3.63, 3.8) is 0 Å². The normalized spacial score (nSPS) is 18.8. The molecular formula is C12H12O4Sn. The Labute approximate surface area is 104 Å². The van der Waals surface area contributed by atoms with Gasteiger partial charge in [-0.1, -0.05) is 0 Å². The molecule has 0 fully saturated rings. The Balaban J connectivity index is 2.36. The summed E-state index contributed by atoms with van der Waals surface area (Å²) in [4.78, 5) is 21.5. The third-order valence-corrected chi connectivity index (χ3v) is 13.0. The predicted molar refractivity (Wildman–Crippen MR) is 64.1 cm³/mol. The fraction of sp³-hybridized carbons (Fsp3) is 0.167. The maximum absolute atomic E-state index is 10.7. The van der Waals surface area contributed by atoms with Gasteiger partial charge in [0.2, 0.25) is 0 Å². The van der Waals surface area contributed by atoms with Gasteiger partial charge < -0.3 is 0 Å². The van der Waals surface area contributed by atoms with Gasteiger partial charge in [0.25, 0.3) is 0 Å². The zero-order chi connectivity index (χ0) is 12.1. The van der Waals surface area contributed by atoms with Crippen LogP contribution in [0.1, 0.15) is 0 Å². The molecule has 0 bridgehead atoms. The van der Waals surface area contributed by atoms with E-state index in [-0.39, 0.29) is 7.87 Å². The second kappa shape index (κ2) is 5.35. The summed E-state index contributed by atoms with van der Waals surface area (Å²) in [6, 6.07) is 0. The molecule has 2 rings (SSSR count). The Morgan fingerprint density at radius 3 is 1.41 bits per heavy atom. The number of hydrogen-bond acceptors (Lipinski definition) is 4. The van der Waals surface area contributed by atoms with Crippen LogP contribution < -0.4 is 0 Å². The van der Waals surface area contributed by atoms with E-state index in [1.165, 1.54) is 0 Å². The van der Waals surface area contributed by atoms with Crippen LogP contribution >= 0.6 is 0 Å². The molecule has 0 amide bonds. The first-order valence-corrected chi connectivity index (χ1v) is 10.9. The van der Waals surface area contributed by atoms with E-state index in [0.29, 0.717) is 12.9 Å². The Morgan fingerprint density at radius 2 is 1.12 bits per heavy atom. The van der Waals surface area contributed by atoms with Crippen molar-refractivity contribution in [1.29, 1.82) is 0 Å². The summed E-state index contributed by atoms with van der Waals surface area (Å²) in [5.74, 6) is 0. The Morgan fingerprint density at radius 1 is 0.765 bits per heavy atom. The minimum atomic E-state index is -3.88. The molecule has 0 aromatic heterocycles. The average molecular weight is 339 g/mol. The first kappa shape index (κ1) is 12.2. The topological polar surface area (TPSA) is 52.6 Å². The summed E-state index contributed by atoms with van der Waals surface area (Å²) < 4.78 is 10.5. The minimum absolute atomic E-state index is 0.0721. The molecule has 0 atom stereocenters. The van der Waals surface area contributed by atoms with E-state index >= 15 is 0 Å². The third kappa shape index (κ3) is 2.22. The van der Waals surface area contributed by atoms with Gasteiger partial charge in [-0.2, -0.15) is 0 Å². The molecule has 5 heteroatoms. The van der Waals surface area contributed by atoms with Crippen LogP contribution in [0.25, 0.3) is 0 Å². The van der Waals surface area contributed by atoms with E-state index in [0.717, 1.165) is 0 Å². The SMILES string of the molecule is O=C[O][Sn]([O]C=O)([CH]1C=CC=C1)[CH]1C=CC=C1. The number of carbonyl (C=O) groups excluding carboxylic acids is 2. The molecule has 88 valence electrons. The number of allylic oxidation sites excluding steroid dienone is 8. The van der Waals surface area contributed by atoms with Crippen molar-refractivity contribution in [1.82, 2.24) is 0 Å². The first-order chi connectivity index (χ1) is 8.33. The van der Waals surface area contributed by atoms with Gasteiger partial charge >= 0.3 is 104 Å². The first-order valence-electron chi connectivity index (χ1n) is 5.26. The molecule has 0 spiro atoms. The van der Waals surface area contributed by atoms with Crippen molar-refractivity contribution in [3.05, 3.63) is 48.6 Å². The van der Waals surface area contributed by atoms with Crippen molar-refractivity contribution < 1.29 is 15.7 Å². The number of carbonyl (C=O) groups is 2. The van der Waals surface area contributed by atoms with Gasteiger partial charge in [0.1, 0.15) is 0 Å². The van der Waals surface area contributed by atoms with E-state index in [1.807, 2.05) is 48.6 Å². The molecule has 2 aliphatic rings. The van der Waals surface area contributed by atoms with Gasteiger partial charge in [-0.25, -0.2) is 0 Å². The summed E-state index contributed by atoms with van der Waals surface area (Å²) in [7, 11) is 0. The fourth-order valence-electron chi connectivity index (χ4n) is 2.11. The standard InChI is InChI=1S/2C5H5.2CH2O2.Sn/c2*1-2-4-5-3-1;2*2-1-3;/h2*1-5H;2*1H,(H,2,3);/q;;;;+2/p-2. The van der Waals surface area contributed by atoms with Gasteiger partial charge in [-0.3, -0.25) is 0 Å². The van der Waals surface area contributed by atoms with Crippen LogP contribution in [0.2, 0.25) is 7.87 Å². The monoisotopic (exact) mass is 340 g/mol. The molecule has 0 aromatic carbocycles. The van der Waals surface area contributed by atoms with Crippen LogP contribution in [0.15, 0.2) is 48.6 Å². The molecule has 0 saturated carbocycles. The van der Waals surface area contributed by atoms with Crippen LogP contribution in [0.5, 0.6) is 0 Å². The van der Waals surface area contributed by atoms with Gasteiger partial charge in [0.15, 0.2) is 0 Å². The van der Waals surface area contributed by atoms with Crippen molar-refractivity contribution in [2.45, 2.75) is 7.87 Å². The average Bonchev–Trinajstić information content (AvgIpc) is 3.02. The quantitative estimate of drug-likeness (QED) is 0.547. The summed E-state index contributed by atoms with van der Waals surface area (Å²) in [6.07, 6.45) is 15.2. The molecule has 0 N–H and O–H groups in total. The summed E-state index contributed by atoms with van der Waals surface area (Å²) in [5, 5.41) is 0. The van der Waals surface area contributed by atoms with E-state index in [9.17, 15) is 9.59 Å². The predicted octanol–water partition coefficient (Wildman–Crippen LogP) is 1.77.